The summed E-state index contributed by atoms with van der Waals surface area (Å²) in [5.41, 5.74) is 0.116. The van der Waals surface area contributed by atoms with Crippen molar-refractivity contribution >= 4 is 11.8 Å². The number of hydrogen-bond acceptors (Lipinski definition) is 3. The molecule has 0 saturated carbocycles. The monoisotopic (exact) mass is 279 g/mol. The normalized spacial score (nSPS) is 10.1. The van der Waals surface area contributed by atoms with Crippen LogP contribution in [0.15, 0.2) is 23.1 Å². The van der Waals surface area contributed by atoms with Crippen molar-refractivity contribution < 1.29 is 9.59 Å². The number of nitrogens with zero attached hydrogens (tertiary/aromatic N) is 1. The Morgan fingerprint density at radius 2 is 2.00 bits per heavy atom. The van der Waals surface area contributed by atoms with Gasteiger partial charge in [-0.05, 0) is 18.9 Å². The number of H-pyrrole nitrogens is 1. The van der Waals surface area contributed by atoms with Crippen LogP contribution in [0.3, 0.4) is 0 Å². The number of carbonyl (C=O) groups is 2. The molecule has 0 aliphatic rings. The van der Waals surface area contributed by atoms with Gasteiger partial charge in [0.2, 0.25) is 11.5 Å². The average molecular weight is 279 g/mol. The van der Waals surface area contributed by atoms with E-state index in [4.69, 9.17) is 0 Å². The van der Waals surface area contributed by atoms with Crippen LogP contribution in [0.1, 0.15) is 37.0 Å². The van der Waals surface area contributed by atoms with Gasteiger partial charge in [-0.1, -0.05) is 13.8 Å². The molecule has 1 aromatic rings. The van der Waals surface area contributed by atoms with E-state index in [1.807, 2.05) is 13.8 Å². The summed E-state index contributed by atoms with van der Waals surface area (Å²) < 4.78 is 0. The van der Waals surface area contributed by atoms with Crippen LogP contribution >= 0.6 is 0 Å². The molecule has 0 bridgehead atoms. The fraction of sp³-hybridized carbons (Fsp3) is 0.500. The number of aromatic nitrogens is 1. The molecule has 0 aromatic carbocycles. The van der Waals surface area contributed by atoms with E-state index in [9.17, 15) is 14.4 Å². The summed E-state index contributed by atoms with van der Waals surface area (Å²) in [5, 5.41) is 2.75. The highest BCUT2D eigenvalue weighted by Crippen LogP contribution is 2.03. The summed E-state index contributed by atoms with van der Waals surface area (Å²) in [7, 11) is 0. The Hall–Kier alpha value is -2.11. The lowest BCUT2D eigenvalue weighted by atomic mass is 10.2. The second-order valence-corrected chi connectivity index (χ2v) is 4.52. The number of amides is 2. The van der Waals surface area contributed by atoms with E-state index in [-0.39, 0.29) is 23.9 Å². The van der Waals surface area contributed by atoms with Gasteiger partial charge in [0.25, 0.3) is 5.91 Å². The Bertz CT molecular complexity index is 490. The van der Waals surface area contributed by atoms with Gasteiger partial charge in [-0.2, -0.15) is 0 Å². The van der Waals surface area contributed by atoms with Gasteiger partial charge in [0.05, 0.1) is 12.1 Å². The molecule has 0 radical (unpaired) electrons. The first kappa shape index (κ1) is 15.9. The predicted octanol–water partition coefficient (Wildman–Crippen LogP) is 0.753. The maximum absolute atomic E-state index is 12.3. The first-order valence-corrected chi connectivity index (χ1v) is 6.83. The van der Waals surface area contributed by atoms with Crippen LogP contribution in [0.2, 0.25) is 0 Å². The van der Waals surface area contributed by atoms with Crippen LogP contribution in [0.5, 0.6) is 0 Å². The van der Waals surface area contributed by atoms with Crippen LogP contribution in [-0.2, 0) is 4.79 Å². The van der Waals surface area contributed by atoms with Crippen molar-refractivity contribution in [3.63, 3.8) is 0 Å². The van der Waals surface area contributed by atoms with Crippen molar-refractivity contribution in [1.29, 1.82) is 0 Å². The highest BCUT2D eigenvalue weighted by atomic mass is 16.2. The third kappa shape index (κ3) is 4.87. The molecule has 1 heterocycles. The third-order valence-corrected chi connectivity index (χ3v) is 2.72. The highest BCUT2D eigenvalue weighted by Gasteiger charge is 2.17. The number of nitrogens with one attached hydrogen (secondary N) is 2. The van der Waals surface area contributed by atoms with Gasteiger partial charge in [0.15, 0.2) is 0 Å². The molecular weight excluding hydrogens is 258 g/mol. The minimum atomic E-state index is -0.260. The average Bonchev–Trinajstić information content (AvgIpc) is 2.44. The number of aromatic amines is 1. The van der Waals surface area contributed by atoms with Crippen molar-refractivity contribution in [2.45, 2.75) is 26.7 Å². The molecule has 6 heteroatoms. The highest BCUT2D eigenvalue weighted by molar-refractivity contribution is 5.96. The van der Waals surface area contributed by atoms with Gasteiger partial charge in [0, 0.05) is 25.4 Å². The van der Waals surface area contributed by atoms with Crippen LogP contribution < -0.4 is 10.9 Å². The third-order valence-electron chi connectivity index (χ3n) is 2.72. The van der Waals surface area contributed by atoms with Crippen LogP contribution in [0.25, 0.3) is 0 Å². The molecular formula is C14H21N3O3. The van der Waals surface area contributed by atoms with E-state index in [2.05, 4.69) is 10.3 Å². The fourth-order valence-corrected chi connectivity index (χ4v) is 1.74. The predicted molar refractivity (Wildman–Crippen MR) is 76.6 cm³/mol. The molecule has 0 spiro atoms. The van der Waals surface area contributed by atoms with Crippen molar-refractivity contribution in [3.05, 3.63) is 34.2 Å². The summed E-state index contributed by atoms with van der Waals surface area (Å²) in [6.45, 7) is 5.04. The van der Waals surface area contributed by atoms with Gasteiger partial charge in [0.1, 0.15) is 0 Å². The number of pyridine rings is 1. The van der Waals surface area contributed by atoms with Gasteiger partial charge in [-0.25, -0.2) is 0 Å². The maximum atomic E-state index is 12.3. The van der Waals surface area contributed by atoms with E-state index >= 15 is 0 Å². The van der Waals surface area contributed by atoms with Crippen LogP contribution in [0, 0.1) is 0 Å². The minimum Gasteiger partial charge on any atom is -0.355 e. The van der Waals surface area contributed by atoms with E-state index in [1.54, 1.807) is 0 Å². The second kappa shape index (κ2) is 8.14. The quantitative estimate of drug-likeness (QED) is 0.773. The summed E-state index contributed by atoms with van der Waals surface area (Å²) in [6.07, 6.45) is 2.99. The Morgan fingerprint density at radius 1 is 1.25 bits per heavy atom. The smallest absolute Gasteiger partial charge is 0.255 e. The minimum absolute atomic E-state index is 0.0335. The molecule has 2 N–H and O–H groups in total. The molecule has 2 amide bonds. The zero-order valence-electron chi connectivity index (χ0n) is 11.9. The topological polar surface area (TPSA) is 82.3 Å². The van der Waals surface area contributed by atoms with Gasteiger partial charge in [-0.15, -0.1) is 0 Å². The summed E-state index contributed by atoms with van der Waals surface area (Å²) in [6, 6.07) is 2.77. The maximum Gasteiger partial charge on any atom is 0.255 e. The fourth-order valence-electron chi connectivity index (χ4n) is 1.74. The first-order chi connectivity index (χ1) is 9.58. The van der Waals surface area contributed by atoms with Crippen LogP contribution in [-0.4, -0.2) is 41.3 Å². The van der Waals surface area contributed by atoms with Gasteiger partial charge < -0.3 is 15.2 Å². The summed E-state index contributed by atoms with van der Waals surface area (Å²) in [5.74, 6) is -0.423. The van der Waals surface area contributed by atoms with Crippen LogP contribution in [0.4, 0.5) is 0 Å². The SMILES string of the molecule is CCCNC(=O)CN(CCC)C(=O)c1ccc(=O)[nH]c1. The lowest BCUT2D eigenvalue weighted by Gasteiger charge is -2.21. The standard InChI is InChI=1S/C14H21N3O3/c1-3-7-15-13(19)10-17(8-4-2)14(20)11-5-6-12(18)16-9-11/h5-6,9H,3-4,7-8,10H2,1-2H3,(H,15,19)(H,16,18). The molecule has 0 saturated heterocycles. The number of rotatable bonds is 7. The molecule has 20 heavy (non-hydrogen) atoms. The Morgan fingerprint density at radius 3 is 2.55 bits per heavy atom. The Balaban J connectivity index is 2.74. The van der Waals surface area contributed by atoms with E-state index in [0.717, 1.165) is 12.8 Å². The van der Waals surface area contributed by atoms with Gasteiger partial charge in [-0.3, -0.25) is 14.4 Å². The van der Waals surface area contributed by atoms with Crippen molar-refractivity contribution in [2.75, 3.05) is 19.6 Å². The Kier molecular flexibility index (Phi) is 6.49. The molecule has 0 atom stereocenters. The van der Waals surface area contributed by atoms with E-state index in [0.29, 0.717) is 18.7 Å². The zero-order valence-corrected chi connectivity index (χ0v) is 11.9. The largest absolute Gasteiger partial charge is 0.355 e. The first-order valence-electron chi connectivity index (χ1n) is 6.83. The Labute approximate surface area is 118 Å². The molecule has 1 rings (SSSR count). The summed E-state index contributed by atoms with van der Waals surface area (Å²) in [4.78, 5) is 38.9. The molecule has 0 aliphatic carbocycles. The lowest BCUT2D eigenvalue weighted by Crippen LogP contribution is -2.41. The van der Waals surface area contributed by atoms with E-state index < -0.39 is 0 Å². The van der Waals surface area contributed by atoms with Crippen molar-refractivity contribution in [1.82, 2.24) is 15.2 Å². The zero-order chi connectivity index (χ0) is 15.0. The molecule has 0 aliphatic heterocycles. The number of carbonyl (C=O) groups excluding carboxylic acids is 2. The summed E-state index contributed by atoms with van der Waals surface area (Å²) >= 11 is 0. The molecule has 110 valence electrons. The van der Waals surface area contributed by atoms with Crippen molar-refractivity contribution in [2.24, 2.45) is 0 Å². The molecule has 1 aromatic heterocycles. The molecule has 0 unspecified atom stereocenters. The van der Waals surface area contributed by atoms with Gasteiger partial charge >= 0.3 is 0 Å². The number of hydrogen-bond donors (Lipinski definition) is 2. The second-order valence-electron chi connectivity index (χ2n) is 4.52. The molecule has 0 fully saturated rings. The molecule has 6 nitrogen and oxygen atoms in total. The lowest BCUT2D eigenvalue weighted by molar-refractivity contribution is -0.121. The van der Waals surface area contributed by atoms with Crippen molar-refractivity contribution in [3.8, 4) is 0 Å². The van der Waals surface area contributed by atoms with E-state index in [1.165, 1.54) is 23.2 Å².